The Hall–Kier alpha value is -1.23. The zero-order valence-corrected chi connectivity index (χ0v) is 12.7. The van der Waals surface area contributed by atoms with Crippen molar-refractivity contribution in [3.63, 3.8) is 0 Å². The number of carboxylic acid groups (broad SMARTS) is 1. The normalized spacial score (nSPS) is 12.7. The molecule has 0 saturated heterocycles. The summed E-state index contributed by atoms with van der Waals surface area (Å²) in [4.78, 5) is 10.8. The zero-order valence-electron chi connectivity index (χ0n) is 12.7. The number of carbonyl (C=O) groups is 1. The Morgan fingerprint density at radius 1 is 1.00 bits per heavy atom. The van der Waals surface area contributed by atoms with Crippen molar-refractivity contribution < 1.29 is 24.1 Å². The predicted molar refractivity (Wildman–Crippen MR) is 72.8 cm³/mol. The minimum Gasteiger partial charge on any atom is -0.481 e. The van der Waals surface area contributed by atoms with Crippen LogP contribution in [0.2, 0.25) is 0 Å². The van der Waals surface area contributed by atoms with Crippen molar-refractivity contribution in [2.45, 2.75) is 72.4 Å². The number of aliphatic carboxylic acids is 1. The van der Waals surface area contributed by atoms with E-state index >= 15 is 0 Å². The van der Waals surface area contributed by atoms with E-state index in [0.717, 1.165) is 0 Å². The molecule has 0 heterocycles. The van der Waals surface area contributed by atoms with Gasteiger partial charge in [0.2, 0.25) is 0 Å². The van der Waals surface area contributed by atoms with Crippen LogP contribution in [-0.4, -0.2) is 35.5 Å². The molecule has 1 atom stereocenters. The van der Waals surface area contributed by atoms with Gasteiger partial charge < -0.3 is 19.3 Å². The third-order valence-electron chi connectivity index (χ3n) is 1.85. The second kappa shape index (κ2) is 8.80. The van der Waals surface area contributed by atoms with Crippen molar-refractivity contribution in [1.29, 1.82) is 0 Å². The van der Waals surface area contributed by atoms with Gasteiger partial charge in [0.1, 0.15) is 0 Å². The lowest BCUT2D eigenvalue weighted by atomic mass is 10.2. The topological polar surface area (TPSA) is 65.0 Å². The highest BCUT2D eigenvalue weighted by atomic mass is 16.7. The van der Waals surface area contributed by atoms with Gasteiger partial charge in [0.05, 0.1) is 30.8 Å². The summed E-state index contributed by atoms with van der Waals surface area (Å²) in [6.07, 6.45) is 0.743. The van der Waals surface area contributed by atoms with E-state index in [1.54, 1.807) is 6.08 Å². The number of rotatable bonds is 9. The second-order valence-electron chi connectivity index (χ2n) is 5.14. The van der Waals surface area contributed by atoms with Crippen LogP contribution >= 0.6 is 0 Å². The Morgan fingerprint density at radius 2 is 1.47 bits per heavy atom. The first-order valence-corrected chi connectivity index (χ1v) is 6.63. The van der Waals surface area contributed by atoms with Gasteiger partial charge in [0, 0.05) is 6.08 Å². The average molecular weight is 274 g/mol. The maximum atomic E-state index is 10.8. The van der Waals surface area contributed by atoms with Crippen molar-refractivity contribution in [2.75, 3.05) is 0 Å². The van der Waals surface area contributed by atoms with E-state index in [9.17, 15) is 4.79 Å². The van der Waals surface area contributed by atoms with Gasteiger partial charge in [0.15, 0.2) is 0 Å². The predicted octanol–water partition coefficient (Wildman–Crippen LogP) is 2.95. The Kier molecular flexibility index (Phi) is 8.23. The highest BCUT2D eigenvalue weighted by molar-refractivity contribution is 5.67. The van der Waals surface area contributed by atoms with E-state index in [2.05, 4.69) is 0 Å². The second-order valence-corrected chi connectivity index (χ2v) is 5.14. The number of carboxylic acids is 1. The number of hydrogen-bond donors (Lipinski definition) is 1. The van der Waals surface area contributed by atoms with Gasteiger partial charge in [-0.05, 0) is 41.5 Å². The van der Waals surface area contributed by atoms with E-state index in [0.29, 0.717) is 5.95 Å². The summed E-state index contributed by atoms with van der Waals surface area (Å²) >= 11 is 0. The molecule has 1 N–H and O–H groups in total. The first-order valence-electron chi connectivity index (χ1n) is 6.63. The molecular weight excluding hydrogens is 248 g/mol. The standard InChI is InChI=1S/C14H26O5/c1-9(2)17-12(7-13(15)16)8-14(18-10(3)4)19-11(5)6/h8-12H,7H2,1-6H3,(H,15,16). The summed E-state index contributed by atoms with van der Waals surface area (Å²) < 4.78 is 16.6. The average Bonchev–Trinajstić information content (AvgIpc) is 2.11. The fourth-order valence-corrected chi connectivity index (χ4v) is 1.39. The molecule has 0 aromatic rings. The van der Waals surface area contributed by atoms with E-state index in [-0.39, 0.29) is 24.7 Å². The number of hydrogen-bond acceptors (Lipinski definition) is 4. The SMILES string of the molecule is CC(C)OC(=CC(CC(=O)O)OC(C)C)OC(C)C. The maximum Gasteiger partial charge on any atom is 0.306 e. The smallest absolute Gasteiger partial charge is 0.306 e. The molecule has 5 nitrogen and oxygen atoms in total. The van der Waals surface area contributed by atoms with Crippen molar-refractivity contribution in [2.24, 2.45) is 0 Å². The summed E-state index contributed by atoms with van der Waals surface area (Å²) in [5, 5.41) is 8.88. The molecule has 0 radical (unpaired) electrons. The van der Waals surface area contributed by atoms with Crippen molar-refractivity contribution >= 4 is 5.97 Å². The Balaban J connectivity index is 4.89. The lowest BCUT2D eigenvalue weighted by Gasteiger charge is -2.20. The summed E-state index contributed by atoms with van der Waals surface area (Å²) in [7, 11) is 0. The van der Waals surface area contributed by atoms with Gasteiger partial charge >= 0.3 is 5.97 Å². The highest BCUT2D eigenvalue weighted by Crippen LogP contribution is 2.13. The largest absolute Gasteiger partial charge is 0.481 e. The number of ether oxygens (including phenoxy) is 3. The minimum absolute atomic E-state index is 0.0467. The van der Waals surface area contributed by atoms with Gasteiger partial charge in [-0.1, -0.05) is 0 Å². The Bertz CT molecular complexity index is 282. The molecule has 0 spiro atoms. The van der Waals surface area contributed by atoms with E-state index < -0.39 is 12.1 Å². The Morgan fingerprint density at radius 3 is 1.79 bits per heavy atom. The van der Waals surface area contributed by atoms with E-state index in [1.165, 1.54) is 0 Å². The molecule has 0 rings (SSSR count). The molecule has 5 heteroatoms. The van der Waals surface area contributed by atoms with Crippen LogP contribution in [-0.2, 0) is 19.0 Å². The first kappa shape index (κ1) is 17.8. The third-order valence-corrected chi connectivity index (χ3v) is 1.85. The van der Waals surface area contributed by atoms with E-state index in [1.807, 2.05) is 41.5 Å². The van der Waals surface area contributed by atoms with E-state index in [4.69, 9.17) is 19.3 Å². The fourth-order valence-electron chi connectivity index (χ4n) is 1.39. The van der Waals surface area contributed by atoms with Crippen LogP contribution in [0, 0.1) is 0 Å². The Labute approximate surface area is 115 Å². The summed E-state index contributed by atoms with van der Waals surface area (Å²) in [6.45, 7) is 11.2. The molecule has 0 aromatic heterocycles. The molecule has 19 heavy (non-hydrogen) atoms. The first-order chi connectivity index (χ1) is 8.70. The molecule has 0 saturated carbocycles. The molecule has 0 aliphatic rings. The van der Waals surface area contributed by atoms with Gasteiger partial charge in [-0.3, -0.25) is 4.79 Å². The lowest BCUT2D eigenvalue weighted by Crippen LogP contribution is -2.21. The van der Waals surface area contributed by atoms with Crippen LogP contribution in [0.1, 0.15) is 48.0 Å². The van der Waals surface area contributed by atoms with Crippen LogP contribution < -0.4 is 0 Å². The maximum absolute atomic E-state index is 10.8. The molecule has 112 valence electrons. The third kappa shape index (κ3) is 10.4. The lowest BCUT2D eigenvalue weighted by molar-refractivity contribution is -0.140. The van der Waals surface area contributed by atoms with Crippen LogP contribution in [0.15, 0.2) is 12.0 Å². The van der Waals surface area contributed by atoms with Crippen LogP contribution in [0.4, 0.5) is 0 Å². The van der Waals surface area contributed by atoms with Gasteiger partial charge in [-0.15, -0.1) is 0 Å². The monoisotopic (exact) mass is 274 g/mol. The molecule has 0 fully saturated rings. The summed E-state index contributed by atoms with van der Waals surface area (Å²) in [6, 6.07) is 0. The molecule has 0 aliphatic carbocycles. The quantitative estimate of drug-likeness (QED) is 0.655. The highest BCUT2D eigenvalue weighted by Gasteiger charge is 2.17. The minimum atomic E-state index is -0.921. The molecule has 0 amide bonds. The van der Waals surface area contributed by atoms with Crippen LogP contribution in [0.5, 0.6) is 0 Å². The fraction of sp³-hybridized carbons (Fsp3) is 0.786. The summed E-state index contributed by atoms with van der Waals surface area (Å²) in [5.74, 6) is -0.604. The van der Waals surface area contributed by atoms with Crippen molar-refractivity contribution in [1.82, 2.24) is 0 Å². The molecule has 0 aliphatic heterocycles. The van der Waals surface area contributed by atoms with Crippen molar-refractivity contribution in [3.05, 3.63) is 12.0 Å². The molecule has 1 unspecified atom stereocenters. The molecular formula is C14H26O5. The van der Waals surface area contributed by atoms with Gasteiger partial charge in [-0.2, -0.15) is 0 Å². The van der Waals surface area contributed by atoms with Crippen LogP contribution in [0.3, 0.4) is 0 Å². The van der Waals surface area contributed by atoms with Gasteiger partial charge in [0.25, 0.3) is 5.95 Å². The molecule has 0 aromatic carbocycles. The summed E-state index contributed by atoms with van der Waals surface area (Å²) in [5.41, 5.74) is 0. The molecule has 0 bridgehead atoms. The van der Waals surface area contributed by atoms with Crippen LogP contribution in [0.25, 0.3) is 0 Å². The zero-order chi connectivity index (χ0) is 15.0. The van der Waals surface area contributed by atoms with Gasteiger partial charge in [-0.25, -0.2) is 0 Å². The van der Waals surface area contributed by atoms with Crippen molar-refractivity contribution in [3.8, 4) is 0 Å².